The average Bonchev–Trinajstić information content (AvgIpc) is 3.50. The Morgan fingerprint density at radius 2 is 1.56 bits per heavy atom. The van der Waals surface area contributed by atoms with Crippen LogP contribution in [0.4, 0.5) is 11.5 Å². The number of anilines is 2. The molecular formula is C36H38N6O3. The first-order chi connectivity index (χ1) is 21.9. The van der Waals surface area contributed by atoms with Gasteiger partial charge in [-0.15, -0.1) is 0 Å². The molecule has 2 amide bonds. The van der Waals surface area contributed by atoms with Gasteiger partial charge in [-0.1, -0.05) is 73.5 Å². The number of benzene rings is 3. The predicted molar refractivity (Wildman–Crippen MR) is 178 cm³/mol. The van der Waals surface area contributed by atoms with Crippen molar-refractivity contribution in [1.82, 2.24) is 20.3 Å². The fraction of sp³-hybridized carbons (Fsp3) is 0.250. The van der Waals surface area contributed by atoms with Crippen LogP contribution in [0.3, 0.4) is 0 Å². The first-order valence-electron chi connectivity index (χ1n) is 15.3. The Hall–Kier alpha value is -5.31. The first-order valence-corrected chi connectivity index (χ1v) is 15.3. The van der Waals surface area contributed by atoms with E-state index in [0.29, 0.717) is 30.5 Å². The van der Waals surface area contributed by atoms with E-state index in [2.05, 4.69) is 50.0 Å². The lowest BCUT2D eigenvalue weighted by molar-refractivity contribution is -0.118. The van der Waals surface area contributed by atoms with Gasteiger partial charge in [0, 0.05) is 29.4 Å². The Bertz CT molecular complexity index is 1740. The van der Waals surface area contributed by atoms with Crippen LogP contribution in [0.2, 0.25) is 0 Å². The lowest BCUT2D eigenvalue weighted by atomic mass is 10.0. The summed E-state index contributed by atoms with van der Waals surface area (Å²) in [5, 5.41) is 10.2. The fourth-order valence-corrected chi connectivity index (χ4v) is 5.20. The molecule has 9 heteroatoms. The largest absolute Gasteiger partial charge is 0.363 e. The number of hydrogen-bond acceptors (Lipinski definition) is 6. The molecule has 5 aromatic rings. The second-order valence-electron chi connectivity index (χ2n) is 11.2. The zero-order valence-corrected chi connectivity index (χ0v) is 25.5. The summed E-state index contributed by atoms with van der Waals surface area (Å²) in [6, 6.07) is 27.9. The number of hydrogen-bond donors (Lipinski definition) is 4. The number of aromatic nitrogens is 3. The summed E-state index contributed by atoms with van der Waals surface area (Å²) in [4.78, 5) is 49.8. The maximum absolute atomic E-state index is 13.3. The normalized spacial score (nSPS) is 12.3. The number of nitrogens with zero attached hydrogens (tertiary/aromatic N) is 2. The van der Waals surface area contributed by atoms with Crippen molar-refractivity contribution in [2.45, 2.75) is 58.0 Å². The van der Waals surface area contributed by atoms with E-state index in [1.165, 1.54) is 6.33 Å². The summed E-state index contributed by atoms with van der Waals surface area (Å²) in [6.07, 6.45) is 4.81. The second-order valence-corrected chi connectivity index (χ2v) is 11.2. The van der Waals surface area contributed by atoms with Gasteiger partial charge in [0.1, 0.15) is 29.6 Å². The van der Waals surface area contributed by atoms with E-state index in [1.54, 1.807) is 31.2 Å². The molecule has 0 aliphatic heterocycles. The summed E-state index contributed by atoms with van der Waals surface area (Å²) in [5.74, 6) is 0.305. The zero-order chi connectivity index (χ0) is 31.6. The van der Waals surface area contributed by atoms with E-state index in [1.807, 2.05) is 54.6 Å². The average molecular weight is 603 g/mol. The molecule has 0 spiro atoms. The lowest BCUT2D eigenvalue weighted by Gasteiger charge is -2.19. The quantitative estimate of drug-likeness (QED) is 0.101. The molecule has 0 saturated carbocycles. The SMILES string of the molecule is CC(=O)CCCCC[C@H](NC(=O)c1ccccc1)C(=O)Nc1ccc(-c2cc3c(N[C@H](C)c4ccccc4)ncnc3[nH]2)cc1. The molecule has 0 saturated heterocycles. The third kappa shape index (κ3) is 8.41. The molecule has 2 aromatic heterocycles. The van der Waals surface area contributed by atoms with Crippen molar-refractivity contribution in [1.29, 1.82) is 0 Å². The number of aromatic amines is 1. The molecule has 0 fully saturated rings. The number of carbonyl (C=O) groups is 3. The predicted octanol–water partition coefficient (Wildman–Crippen LogP) is 7.07. The molecule has 9 nitrogen and oxygen atoms in total. The number of ketones is 1. The summed E-state index contributed by atoms with van der Waals surface area (Å²) >= 11 is 0. The molecule has 0 aliphatic rings. The molecule has 0 bridgehead atoms. The first kappa shape index (κ1) is 31.1. The van der Waals surface area contributed by atoms with E-state index < -0.39 is 6.04 Å². The third-order valence-electron chi connectivity index (χ3n) is 7.72. The van der Waals surface area contributed by atoms with Gasteiger partial charge in [0.25, 0.3) is 5.91 Å². The molecule has 0 radical (unpaired) electrons. The van der Waals surface area contributed by atoms with Gasteiger partial charge in [-0.3, -0.25) is 9.59 Å². The highest BCUT2D eigenvalue weighted by molar-refractivity contribution is 6.01. The molecule has 2 heterocycles. The zero-order valence-electron chi connectivity index (χ0n) is 25.5. The molecule has 2 atom stereocenters. The van der Waals surface area contributed by atoms with Crippen LogP contribution in [0, 0.1) is 0 Å². The molecule has 5 rings (SSSR count). The van der Waals surface area contributed by atoms with Crippen LogP contribution in [0.5, 0.6) is 0 Å². The van der Waals surface area contributed by atoms with Gasteiger partial charge in [-0.05, 0) is 68.1 Å². The van der Waals surface area contributed by atoms with Crippen LogP contribution in [0.15, 0.2) is 97.3 Å². The highest BCUT2D eigenvalue weighted by Crippen LogP contribution is 2.29. The van der Waals surface area contributed by atoms with Gasteiger partial charge in [0.05, 0.1) is 5.39 Å². The van der Waals surface area contributed by atoms with E-state index in [4.69, 9.17) is 0 Å². The van der Waals surface area contributed by atoms with Crippen LogP contribution < -0.4 is 16.0 Å². The van der Waals surface area contributed by atoms with Crippen molar-refractivity contribution in [3.63, 3.8) is 0 Å². The number of H-pyrrole nitrogens is 1. The summed E-state index contributed by atoms with van der Waals surface area (Å²) in [6.45, 7) is 3.67. The highest BCUT2D eigenvalue weighted by atomic mass is 16.2. The Morgan fingerprint density at radius 3 is 2.27 bits per heavy atom. The van der Waals surface area contributed by atoms with Crippen molar-refractivity contribution >= 4 is 40.1 Å². The number of amides is 2. The van der Waals surface area contributed by atoms with Crippen LogP contribution in [-0.4, -0.2) is 38.6 Å². The van der Waals surface area contributed by atoms with Crippen LogP contribution in [-0.2, 0) is 9.59 Å². The van der Waals surface area contributed by atoms with Gasteiger partial charge in [-0.25, -0.2) is 9.97 Å². The maximum atomic E-state index is 13.3. The minimum atomic E-state index is -0.716. The molecule has 4 N–H and O–H groups in total. The van der Waals surface area contributed by atoms with Crippen molar-refractivity contribution in [3.05, 3.63) is 108 Å². The topological polar surface area (TPSA) is 129 Å². The number of unbranched alkanes of at least 4 members (excludes halogenated alkanes) is 2. The Kier molecular flexibility index (Phi) is 10.3. The van der Waals surface area contributed by atoms with Crippen molar-refractivity contribution in [2.24, 2.45) is 0 Å². The van der Waals surface area contributed by atoms with E-state index in [-0.39, 0.29) is 23.6 Å². The van der Waals surface area contributed by atoms with Crippen molar-refractivity contribution < 1.29 is 14.4 Å². The Morgan fingerprint density at radius 1 is 0.844 bits per heavy atom. The monoisotopic (exact) mass is 602 g/mol. The lowest BCUT2D eigenvalue weighted by Crippen LogP contribution is -2.43. The van der Waals surface area contributed by atoms with E-state index in [9.17, 15) is 14.4 Å². The number of fused-ring (bicyclic) bond motifs is 1. The van der Waals surface area contributed by atoms with Gasteiger partial charge < -0.3 is 25.7 Å². The minimum Gasteiger partial charge on any atom is -0.363 e. The van der Waals surface area contributed by atoms with Crippen LogP contribution in [0.25, 0.3) is 22.3 Å². The van der Waals surface area contributed by atoms with Gasteiger partial charge in [0.15, 0.2) is 0 Å². The number of carbonyl (C=O) groups excluding carboxylic acids is 3. The van der Waals surface area contributed by atoms with E-state index >= 15 is 0 Å². The molecule has 45 heavy (non-hydrogen) atoms. The molecular weight excluding hydrogens is 564 g/mol. The second kappa shape index (κ2) is 14.9. The smallest absolute Gasteiger partial charge is 0.251 e. The van der Waals surface area contributed by atoms with Crippen LogP contribution in [0.1, 0.15) is 67.9 Å². The van der Waals surface area contributed by atoms with Gasteiger partial charge in [-0.2, -0.15) is 0 Å². The number of nitrogens with one attached hydrogen (secondary N) is 4. The summed E-state index contributed by atoms with van der Waals surface area (Å²) < 4.78 is 0. The molecule has 3 aromatic carbocycles. The molecule has 230 valence electrons. The molecule has 0 unspecified atom stereocenters. The highest BCUT2D eigenvalue weighted by Gasteiger charge is 2.21. The van der Waals surface area contributed by atoms with Crippen molar-refractivity contribution in [3.8, 4) is 11.3 Å². The number of Topliss-reactive ketones (excluding diaryl/α,β-unsaturated/α-hetero) is 1. The standard InChI is InChI=1S/C36H38N6O3/c1-24(43)12-6-3-11-17-31(42-35(44)28-15-9-5-10-16-28)36(45)40-29-20-18-27(19-21-29)32-22-30-33(37-23-38-34(30)41-32)39-25(2)26-13-7-4-8-14-26/h4-5,7-10,13-16,18-23,25,31H,3,6,11-12,17H2,1-2H3,(H,40,45)(H,42,44)(H2,37,38,39,41)/t25-,31+/m1/s1. The van der Waals surface area contributed by atoms with Gasteiger partial charge >= 0.3 is 0 Å². The minimum absolute atomic E-state index is 0.0624. The fourth-order valence-electron chi connectivity index (χ4n) is 5.20. The van der Waals surface area contributed by atoms with Crippen LogP contribution >= 0.6 is 0 Å². The summed E-state index contributed by atoms with van der Waals surface area (Å²) in [5.41, 5.74) is 4.79. The maximum Gasteiger partial charge on any atom is 0.251 e. The number of rotatable bonds is 14. The molecule has 0 aliphatic carbocycles. The Balaban J connectivity index is 1.26. The summed E-state index contributed by atoms with van der Waals surface area (Å²) in [7, 11) is 0. The van der Waals surface area contributed by atoms with Gasteiger partial charge in [0.2, 0.25) is 5.91 Å². The third-order valence-corrected chi connectivity index (χ3v) is 7.72. The van der Waals surface area contributed by atoms with E-state index in [0.717, 1.165) is 46.5 Å². The Labute approximate surface area is 262 Å². The van der Waals surface area contributed by atoms with Crippen molar-refractivity contribution in [2.75, 3.05) is 10.6 Å².